The van der Waals surface area contributed by atoms with Gasteiger partial charge in [-0.15, -0.1) is 5.10 Å². The number of quaternary nitrogens is 1. The predicted molar refractivity (Wildman–Crippen MR) is 97.2 cm³/mol. The van der Waals surface area contributed by atoms with Crippen molar-refractivity contribution in [3.05, 3.63) is 59.1 Å². The quantitative estimate of drug-likeness (QED) is 0.668. The highest BCUT2D eigenvalue weighted by Gasteiger charge is 2.15. The Morgan fingerprint density at radius 3 is 2.72 bits per heavy atom. The molecule has 130 valence electrons. The number of aromatic nitrogens is 3. The van der Waals surface area contributed by atoms with E-state index in [1.165, 1.54) is 0 Å². The molecule has 7 heteroatoms. The van der Waals surface area contributed by atoms with Crippen LogP contribution in [-0.4, -0.2) is 34.0 Å². The Morgan fingerprint density at radius 1 is 1.20 bits per heavy atom. The van der Waals surface area contributed by atoms with Gasteiger partial charge in [-0.2, -0.15) is 4.68 Å². The van der Waals surface area contributed by atoms with Crippen molar-refractivity contribution >= 4 is 28.5 Å². The topological polar surface area (TPSA) is 64.2 Å². The lowest BCUT2D eigenvalue weighted by molar-refractivity contribution is -0.913. The summed E-state index contributed by atoms with van der Waals surface area (Å²) in [6, 6.07) is 15.3. The molecule has 0 fully saturated rings. The Morgan fingerprint density at radius 2 is 1.96 bits per heavy atom. The second-order valence-electron chi connectivity index (χ2n) is 5.92. The van der Waals surface area contributed by atoms with Crippen LogP contribution in [0.3, 0.4) is 0 Å². The van der Waals surface area contributed by atoms with Crippen molar-refractivity contribution < 1.29 is 9.69 Å². The summed E-state index contributed by atoms with van der Waals surface area (Å²) in [5, 5.41) is 12.0. The fourth-order valence-corrected chi connectivity index (χ4v) is 2.76. The Balaban J connectivity index is 1.56. The number of fused-ring (bicyclic) bond motifs is 1. The molecule has 1 aromatic heterocycles. The summed E-state index contributed by atoms with van der Waals surface area (Å²) in [7, 11) is 0. The summed E-state index contributed by atoms with van der Waals surface area (Å²) < 4.78 is 1.85. The van der Waals surface area contributed by atoms with Gasteiger partial charge in [-0.1, -0.05) is 41.1 Å². The standard InChI is InChI=1S/C18H20ClN5O/c1-2-23(13-24-17-6-4-3-5-16(17)21-22-24)12-18(25)20-11-14-7-9-15(19)10-8-14/h3-10H,2,11-13H2,1H3,(H,20,25)/p+1. The van der Waals surface area contributed by atoms with Crippen LogP contribution in [0.2, 0.25) is 5.02 Å². The van der Waals surface area contributed by atoms with Crippen molar-refractivity contribution in [2.75, 3.05) is 13.1 Å². The van der Waals surface area contributed by atoms with Crippen molar-refractivity contribution in [3.63, 3.8) is 0 Å². The molecule has 2 aromatic carbocycles. The zero-order valence-electron chi connectivity index (χ0n) is 14.1. The van der Waals surface area contributed by atoms with Crippen LogP contribution in [0.1, 0.15) is 12.5 Å². The normalized spacial score (nSPS) is 12.2. The number of rotatable bonds is 7. The van der Waals surface area contributed by atoms with Crippen LogP contribution in [0, 0.1) is 0 Å². The van der Waals surface area contributed by atoms with E-state index in [9.17, 15) is 4.79 Å². The molecule has 1 unspecified atom stereocenters. The molecular weight excluding hydrogens is 338 g/mol. The first-order valence-electron chi connectivity index (χ1n) is 8.28. The number of para-hydroxylation sites is 1. The second kappa shape index (κ2) is 8.09. The van der Waals surface area contributed by atoms with E-state index >= 15 is 0 Å². The lowest BCUT2D eigenvalue weighted by atomic mass is 10.2. The summed E-state index contributed by atoms with van der Waals surface area (Å²) in [6.45, 7) is 4.37. The molecular formula is C18H21ClN5O+. The minimum absolute atomic E-state index is 0.0104. The molecule has 0 saturated heterocycles. The first kappa shape index (κ1) is 17.4. The maximum absolute atomic E-state index is 12.2. The summed E-state index contributed by atoms with van der Waals surface area (Å²) >= 11 is 5.87. The molecule has 1 heterocycles. The number of hydrogen-bond donors (Lipinski definition) is 2. The van der Waals surface area contributed by atoms with E-state index in [1.54, 1.807) is 0 Å². The highest BCUT2D eigenvalue weighted by atomic mass is 35.5. The second-order valence-corrected chi connectivity index (χ2v) is 6.36. The van der Waals surface area contributed by atoms with Gasteiger partial charge in [0.2, 0.25) is 0 Å². The first-order valence-corrected chi connectivity index (χ1v) is 8.66. The molecule has 3 aromatic rings. The minimum Gasteiger partial charge on any atom is -0.347 e. The number of nitrogens with zero attached hydrogens (tertiary/aromatic N) is 3. The molecule has 1 amide bonds. The summed E-state index contributed by atoms with van der Waals surface area (Å²) in [6.07, 6.45) is 0. The molecule has 6 nitrogen and oxygen atoms in total. The van der Waals surface area contributed by atoms with Gasteiger partial charge in [0, 0.05) is 11.6 Å². The van der Waals surface area contributed by atoms with Crippen LogP contribution in [0.4, 0.5) is 0 Å². The highest BCUT2D eigenvalue weighted by Crippen LogP contribution is 2.09. The highest BCUT2D eigenvalue weighted by molar-refractivity contribution is 6.30. The fraction of sp³-hybridized carbons (Fsp3) is 0.278. The molecule has 0 aliphatic rings. The summed E-state index contributed by atoms with van der Waals surface area (Å²) in [4.78, 5) is 13.4. The molecule has 0 bridgehead atoms. The van der Waals surface area contributed by atoms with E-state index in [-0.39, 0.29) is 5.91 Å². The Labute approximate surface area is 151 Å². The number of nitrogens with one attached hydrogen (secondary N) is 2. The molecule has 1 atom stereocenters. The van der Waals surface area contributed by atoms with Gasteiger partial charge in [0.05, 0.1) is 12.1 Å². The maximum atomic E-state index is 12.2. The summed E-state index contributed by atoms with van der Waals surface area (Å²) in [5.41, 5.74) is 2.87. The SMILES string of the molecule is CC[NH+](CC(=O)NCc1ccc(Cl)cc1)Cn1nnc2ccccc21. The van der Waals surface area contributed by atoms with E-state index < -0.39 is 0 Å². The van der Waals surface area contributed by atoms with Gasteiger partial charge in [0.15, 0.2) is 13.2 Å². The van der Waals surface area contributed by atoms with Gasteiger partial charge in [0.1, 0.15) is 5.52 Å². The molecule has 3 rings (SSSR count). The van der Waals surface area contributed by atoms with Crippen molar-refractivity contribution in [3.8, 4) is 0 Å². The van der Waals surface area contributed by atoms with E-state index in [2.05, 4.69) is 22.6 Å². The van der Waals surface area contributed by atoms with Crippen molar-refractivity contribution in [1.82, 2.24) is 20.3 Å². The zero-order chi connectivity index (χ0) is 17.6. The fourth-order valence-electron chi connectivity index (χ4n) is 2.63. The average Bonchev–Trinajstić information content (AvgIpc) is 3.04. The monoisotopic (exact) mass is 358 g/mol. The Kier molecular flexibility index (Phi) is 5.63. The van der Waals surface area contributed by atoms with Crippen molar-refractivity contribution in [1.29, 1.82) is 0 Å². The summed E-state index contributed by atoms with van der Waals surface area (Å²) in [5.74, 6) is 0.0104. The van der Waals surface area contributed by atoms with Crippen LogP contribution in [0.5, 0.6) is 0 Å². The van der Waals surface area contributed by atoms with Gasteiger partial charge in [0.25, 0.3) is 5.91 Å². The van der Waals surface area contributed by atoms with Crippen LogP contribution < -0.4 is 10.2 Å². The van der Waals surface area contributed by atoms with Gasteiger partial charge >= 0.3 is 0 Å². The molecule has 0 aliphatic heterocycles. The third kappa shape index (κ3) is 4.55. The third-order valence-corrected chi connectivity index (χ3v) is 4.36. The predicted octanol–water partition coefficient (Wildman–Crippen LogP) is 1.26. The Hall–Kier alpha value is -2.44. The Bertz CT molecular complexity index is 846. The van der Waals surface area contributed by atoms with Gasteiger partial charge in [-0.25, -0.2) is 0 Å². The largest absolute Gasteiger partial charge is 0.347 e. The lowest BCUT2D eigenvalue weighted by Gasteiger charge is -2.17. The zero-order valence-corrected chi connectivity index (χ0v) is 14.8. The molecule has 2 N–H and O–H groups in total. The van der Waals surface area contributed by atoms with Crippen molar-refractivity contribution in [2.24, 2.45) is 0 Å². The number of benzene rings is 2. The first-order chi connectivity index (χ1) is 12.2. The number of carbonyl (C=O) groups is 1. The van der Waals surface area contributed by atoms with Crippen LogP contribution in [-0.2, 0) is 18.0 Å². The number of likely N-dealkylation sites (N-methyl/N-ethyl adjacent to an activating group) is 1. The molecule has 0 saturated carbocycles. The van der Waals surface area contributed by atoms with Crippen LogP contribution >= 0.6 is 11.6 Å². The minimum atomic E-state index is 0.0104. The van der Waals surface area contributed by atoms with E-state index in [0.717, 1.165) is 28.0 Å². The number of carbonyl (C=O) groups excluding carboxylic acids is 1. The van der Waals surface area contributed by atoms with Gasteiger partial charge in [-0.05, 0) is 36.8 Å². The maximum Gasteiger partial charge on any atom is 0.275 e. The molecule has 25 heavy (non-hydrogen) atoms. The lowest BCUT2D eigenvalue weighted by Crippen LogP contribution is -3.12. The third-order valence-electron chi connectivity index (χ3n) is 4.11. The van der Waals surface area contributed by atoms with Crippen LogP contribution in [0.15, 0.2) is 48.5 Å². The smallest absolute Gasteiger partial charge is 0.275 e. The molecule has 0 radical (unpaired) electrons. The molecule has 0 spiro atoms. The number of hydrogen-bond acceptors (Lipinski definition) is 3. The number of amides is 1. The van der Waals surface area contributed by atoms with Gasteiger partial charge < -0.3 is 10.2 Å². The van der Waals surface area contributed by atoms with Gasteiger partial charge in [-0.3, -0.25) is 4.79 Å². The number of halogens is 1. The van der Waals surface area contributed by atoms with E-state index in [1.807, 2.05) is 53.2 Å². The average molecular weight is 359 g/mol. The molecule has 0 aliphatic carbocycles. The van der Waals surface area contributed by atoms with Crippen LogP contribution in [0.25, 0.3) is 11.0 Å². The van der Waals surface area contributed by atoms with E-state index in [0.29, 0.717) is 24.8 Å². The van der Waals surface area contributed by atoms with E-state index in [4.69, 9.17) is 11.6 Å². The van der Waals surface area contributed by atoms with Crippen molar-refractivity contribution in [2.45, 2.75) is 20.1 Å².